The van der Waals surface area contributed by atoms with E-state index in [4.69, 9.17) is 5.26 Å². The molecule has 6 nitrogen and oxygen atoms in total. The first-order valence-electron chi connectivity index (χ1n) is 4.97. The second-order valence-electron chi connectivity index (χ2n) is 3.52. The highest BCUT2D eigenvalue weighted by Gasteiger charge is 2.23. The van der Waals surface area contributed by atoms with Crippen molar-refractivity contribution in [2.75, 3.05) is 32.7 Å². The van der Waals surface area contributed by atoms with Gasteiger partial charge in [0.2, 0.25) is 0 Å². The highest BCUT2D eigenvalue weighted by Crippen LogP contribution is 2.07. The summed E-state index contributed by atoms with van der Waals surface area (Å²) >= 11 is 1.18. The number of nitrogens with zero attached hydrogens (tertiary/aromatic N) is 5. The van der Waals surface area contributed by atoms with Crippen molar-refractivity contribution in [2.45, 2.75) is 0 Å². The SMILES string of the molecule is N#CCN1CCN(C(=O)c2csnn2)CC1. The van der Waals surface area contributed by atoms with Gasteiger partial charge in [-0.3, -0.25) is 9.69 Å². The van der Waals surface area contributed by atoms with Gasteiger partial charge in [-0.25, -0.2) is 0 Å². The second-order valence-corrected chi connectivity index (χ2v) is 4.13. The number of hydrogen-bond acceptors (Lipinski definition) is 6. The molecule has 0 unspecified atom stereocenters. The Morgan fingerprint density at radius 2 is 2.25 bits per heavy atom. The highest BCUT2D eigenvalue weighted by atomic mass is 32.1. The molecule has 1 aliphatic heterocycles. The van der Waals surface area contributed by atoms with Gasteiger partial charge >= 0.3 is 0 Å². The van der Waals surface area contributed by atoms with Gasteiger partial charge in [-0.15, -0.1) is 5.10 Å². The van der Waals surface area contributed by atoms with Crippen molar-refractivity contribution in [3.63, 3.8) is 0 Å². The summed E-state index contributed by atoms with van der Waals surface area (Å²) in [5.74, 6) is -0.0645. The Hall–Kier alpha value is -1.52. The highest BCUT2D eigenvalue weighted by molar-refractivity contribution is 7.03. The van der Waals surface area contributed by atoms with Crippen molar-refractivity contribution in [1.29, 1.82) is 5.26 Å². The molecule has 1 fully saturated rings. The zero-order chi connectivity index (χ0) is 11.4. The fourth-order valence-corrected chi connectivity index (χ4v) is 2.06. The number of aromatic nitrogens is 2. The normalized spacial score (nSPS) is 17.1. The van der Waals surface area contributed by atoms with Crippen LogP contribution < -0.4 is 0 Å². The van der Waals surface area contributed by atoms with Crippen molar-refractivity contribution >= 4 is 17.4 Å². The molecule has 0 atom stereocenters. The molecule has 2 heterocycles. The van der Waals surface area contributed by atoms with Gasteiger partial charge in [0.05, 0.1) is 12.6 Å². The maximum absolute atomic E-state index is 11.9. The molecule has 1 aromatic heterocycles. The summed E-state index contributed by atoms with van der Waals surface area (Å²) in [6.07, 6.45) is 0. The molecule has 0 saturated carbocycles. The van der Waals surface area contributed by atoms with Crippen molar-refractivity contribution < 1.29 is 4.79 Å². The van der Waals surface area contributed by atoms with Gasteiger partial charge in [0.1, 0.15) is 0 Å². The molecule has 0 N–H and O–H groups in total. The summed E-state index contributed by atoms with van der Waals surface area (Å²) in [4.78, 5) is 15.7. The molecule has 84 valence electrons. The average molecular weight is 237 g/mol. The van der Waals surface area contributed by atoms with Gasteiger partial charge in [-0.1, -0.05) is 4.49 Å². The molecule has 0 bridgehead atoms. The van der Waals surface area contributed by atoms with Crippen LogP contribution in [0.3, 0.4) is 0 Å². The summed E-state index contributed by atoms with van der Waals surface area (Å²) < 4.78 is 3.67. The largest absolute Gasteiger partial charge is 0.335 e. The van der Waals surface area contributed by atoms with Crippen molar-refractivity contribution in [2.24, 2.45) is 0 Å². The number of hydrogen-bond donors (Lipinski definition) is 0. The monoisotopic (exact) mass is 237 g/mol. The van der Waals surface area contributed by atoms with E-state index in [9.17, 15) is 4.79 Å². The Labute approximate surface area is 97.2 Å². The molecule has 2 rings (SSSR count). The molecule has 0 radical (unpaired) electrons. The van der Waals surface area contributed by atoms with Crippen LogP contribution in [0.5, 0.6) is 0 Å². The van der Waals surface area contributed by atoms with E-state index in [1.807, 2.05) is 4.90 Å². The molecule has 1 aromatic rings. The first-order chi connectivity index (χ1) is 7.81. The quantitative estimate of drug-likeness (QED) is 0.667. The van der Waals surface area contributed by atoms with Gasteiger partial charge in [0.25, 0.3) is 5.91 Å². The van der Waals surface area contributed by atoms with Gasteiger partial charge in [-0.2, -0.15) is 5.26 Å². The van der Waals surface area contributed by atoms with E-state index in [1.165, 1.54) is 11.5 Å². The zero-order valence-electron chi connectivity index (χ0n) is 8.67. The van der Waals surface area contributed by atoms with Gasteiger partial charge in [0.15, 0.2) is 5.69 Å². The topological polar surface area (TPSA) is 73.1 Å². The fourth-order valence-electron chi connectivity index (χ4n) is 1.63. The van der Waals surface area contributed by atoms with Crippen molar-refractivity contribution in [3.05, 3.63) is 11.1 Å². The lowest BCUT2D eigenvalue weighted by molar-refractivity contribution is 0.0646. The van der Waals surface area contributed by atoms with Gasteiger partial charge < -0.3 is 4.90 Å². The lowest BCUT2D eigenvalue weighted by Gasteiger charge is -2.32. The number of carbonyl (C=O) groups excluding carboxylic acids is 1. The predicted molar refractivity (Wildman–Crippen MR) is 57.9 cm³/mol. The van der Waals surface area contributed by atoms with Crippen molar-refractivity contribution in [3.8, 4) is 6.07 Å². The Bertz CT molecular complexity index is 391. The molecular formula is C9H11N5OS. The van der Waals surface area contributed by atoms with Crippen molar-refractivity contribution in [1.82, 2.24) is 19.4 Å². The molecule has 0 aromatic carbocycles. The minimum atomic E-state index is -0.0645. The van der Waals surface area contributed by atoms with Crippen LogP contribution in [0.4, 0.5) is 0 Å². The lowest BCUT2D eigenvalue weighted by Crippen LogP contribution is -2.48. The van der Waals surface area contributed by atoms with Crippen LogP contribution in [-0.2, 0) is 0 Å². The first kappa shape index (κ1) is 11.0. The van der Waals surface area contributed by atoms with Gasteiger partial charge in [0, 0.05) is 31.6 Å². The Balaban J connectivity index is 1.90. The Morgan fingerprint density at radius 1 is 1.50 bits per heavy atom. The second kappa shape index (κ2) is 5.01. The molecule has 1 aliphatic rings. The lowest BCUT2D eigenvalue weighted by atomic mass is 10.3. The molecule has 0 spiro atoms. The Kier molecular flexibility index (Phi) is 3.44. The van der Waals surface area contributed by atoms with Crippen LogP contribution in [0, 0.1) is 11.3 Å². The molecule has 16 heavy (non-hydrogen) atoms. The van der Waals surface area contributed by atoms with Crippen LogP contribution in [0.15, 0.2) is 5.38 Å². The molecular weight excluding hydrogens is 226 g/mol. The van der Waals surface area contributed by atoms with E-state index >= 15 is 0 Å². The number of amides is 1. The molecule has 0 aliphatic carbocycles. The van der Waals surface area contributed by atoms with Crippen LogP contribution in [0.1, 0.15) is 10.5 Å². The first-order valence-corrected chi connectivity index (χ1v) is 5.80. The summed E-state index contributed by atoms with van der Waals surface area (Å²) in [7, 11) is 0. The number of piperazine rings is 1. The number of carbonyl (C=O) groups is 1. The summed E-state index contributed by atoms with van der Waals surface area (Å²) in [6.45, 7) is 3.23. The Morgan fingerprint density at radius 3 is 2.81 bits per heavy atom. The molecule has 1 saturated heterocycles. The van der Waals surface area contributed by atoms with E-state index in [1.54, 1.807) is 10.3 Å². The smallest absolute Gasteiger partial charge is 0.275 e. The maximum Gasteiger partial charge on any atom is 0.275 e. The van der Waals surface area contributed by atoms with Crippen LogP contribution in [0.25, 0.3) is 0 Å². The fraction of sp³-hybridized carbons (Fsp3) is 0.556. The van der Waals surface area contributed by atoms with E-state index in [-0.39, 0.29) is 5.91 Å². The summed E-state index contributed by atoms with van der Waals surface area (Å²) in [5, 5.41) is 14.0. The third-order valence-corrected chi connectivity index (χ3v) is 3.04. The van der Waals surface area contributed by atoms with E-state index in [2.05, 4.69) is 15.7 Å². The third kappa shape index (κ3) is 2.35. The predicted octanol–water partition coefficient (Wildman–Crippen LogP) is -0.181. The molecule has 7 heteroatoms. The maximum atomic E-state index is 11.9. The number of rotatable bonds is 2. The summed E-state index contributed by atoms with van der Waals surface area (Å²) in [5.41, 5.74) is 0.415. The van der Waals surface area contributed by atoms with Crippen LogP contribution in [0.2, 0.25) is 0 Å². The number of nitriles is 1. The molecule has 1 amide bonds. The standard InChI is InChI=1S/C9H11N5OS/c10-1-2-13-3-5-14(6-4-13)9(15)8-7-16-12-11-8/h7H,2-6H2. The van der Waals surface area contributed by atoms with E-state index in [0.29, 0.717) is 25.3 Å². The van der Waals surface area contributed by atoms with E-state index in [0.717, 1.165) is 13.1 Å². The van der Waals surface area contributed by atoms with Crippen LogP contribution >= 0.6 is 11.5 Å². The summed E-state index contributed by atoms with van der Waals surface area (Å²) in [6, 6.07) is 2.11. The third-order valence-electron chi connectivity index (χ3n) is 2.53. The van der Waals surface area contributed by atoms with Crippen LogP contribution in [-0.4, -0.2) is 58.0 Å². The van der Waals surface area contributed by atoms with E-state index < -0.39 is 0 Å². The minimum absolute atomic E-state index is 0.0645. The van der Waals surface area contributed by atoms with Gasteiger partial charge in [-0.05, 0) is 11.5 Å². The zero-order valence-corrected chi connectivity index (χ0v) is 9.48. The minimum Gasteiger partial charge on any atom is -0.335 e. The average Bonchev–Trinajstić information content (AvgIpc) is 2.83.